The van der Waals surface area contributed by atoms with Crippen LogP contribution in [0.15, 0.2) is 0 Å². The molecule has 1 rings (SSSR count). The zero-order valence-electron chi connectivity index (χ0n) is 11.3. The highest BCUT2D eigenvalue weighted by atomic mass is 19.4. The zero-order chi connectivity index (χ0) is 16.0. The molecule has 0 aromatic heterocycles. The molecule has 0 aliphatic carbocycles. The number of urea groups is 1. The second kappa shape index (κ2) is 7.46. The SMILES string of the molecule is O=C(O)[C@@H](CCO)NC(=O)N1CCN(CC(F)(F)F)CC1. The van der Waals surface area contributed by atoms with Crippen molar-refractivity contribution >= 4 is 12.0 Å². The van der Waals surface area contributed by atoms with Crippen LogP contribution < -0.4 is 5.32 Å². The van der Waals surface area contributed by atoms with Crippen molar-refractivity contribution in [1.82, 2.24) is 15.1 Å². The third-order valence-electron chi connectivity index (χ3n) is 3.08. The summed E-state index contributed by atoms with van der Waals surface area (Å²) in [4.78, 5) is 25.1. The molecule has 2 amide bonds. The van der Waals surface area contributed by atoms with E-state index in [1.54, 1.807) is 0 Å². The molecule has 3 N–H and O–H groups in total. The number of hydrogen-bond acceptors (Lipinski definition) is 4. The number of nitrogens with one attached hydrogen (secondary N) is 1. The Morgan fingerprint density at radius 3 is 2.19 bits per heavy atom. The molecule has 0 spiro atoms. The van der Waals surface area contributed by atoms with Crippen LogP contribution in [-0.2, 0) is 4.79 Å². The molecule has 1 atom stereocenters. The van der Waals surface area contributed by atoms with E-state index in [9.17, 15) is 22.8 Å². The van der Waals surface area contributed by atoms with Gasteiger partial charge in [-0.2, -0.15) is 13.2 Å². The van der Waals surface area contributed by atoms with Crippen molar-refractivity contribution in [2.24, 2.45) is 0 Å². The van der Waals surface area contributed by atoms with E-state index in [2.05, 4.69) is 5.32 Å². The van der Waals surface area contributed by atoms with Gasteiger partial charge in [0.25, 0.3) is 0 Å². The summed E-state index contributed by atoms with van der Waals surface area (Å²) in [7, 11) is 0. The summed E-state index contributed by atoms with van der Waals surface area (Å²) < 4.78 is 36.7. The number of halogens is 3. The predicted octanol–water partition coefficient (Wildman–Crippen LogP) is -0.288. The highest BCUT2D eigenvalue weighted by Crippen LogP contribution is 2.17. The summed E-state index contributed by atoms with van der Waals surface area (Å²) in [6.45, 7) is -1.09. The lowest BCUT2D eigenvalue weighted by Gasteiger charge is -2.35. The Hall–Kier alpha value is -1.55. The Morgan fingerprint density at radius 2 is 1.76 bits per heavy atom. The van der Waals surface area contributed by atoms with E-state index in [-0.39, 0.29) is 32.6 Å². The van der Waals surface area contributed by atoms with Gasteiger partial charge in [0, 0.05) is 39.2 Å². The number of rotatable bonds is 5. The molecule has 1 aliphatic rings. The molecule has 1 saturated heterocycles. The Labute approximate surface area is 119 Å². The number of hydrogen-bond donors (Lipinski definition) is 3. The van der Waals surface area contributed by atoms with Crippen molar-refractivity contribution in [2.45, 2.75) is 18.6 Å². The molecule has 7 nitrogen and oxygen atoms in total. The molecule has 0 unspecified atom stereocenters. The Bertz CT molecular complexity index is 370. The minimum atomic E-state index is -4.28. The fourth-order valence-electron chi connectivity index (χ4n) is 1.99. The molecule has 0 radical (unpaired) electrons. The maximum atomic E-state index is 12.2. The maximum Gasteiger partial charge on any atom is 0.401 e. The van der Waals surface area contributed by atoms with Gasteiger partial charge in [-0.3, -0.25) is 4.90 Å². The third-order valence-corrected chi connectivity index (χ3v) is 3.08. The maximum absolute atomic E-state index is 12.2. The Balaban J connectivity index is 2.42. The first-order valence-corrected chi connectivity index (χ1v) is 6.41. The normalized spacial score (nSPS) is 18.4. The van der Waals surface area contributed by atoms with Crippen molar-refractivity contribution in [3.8, 4) is 0 Å². The summed E-state index contributed by atoms with van der Waals surface area (Å²) in [5.41, 5.74) is 0. The quantitative estimate of drug-likeness (QED) is 0.649. The largest absolute Gasteiger partial charge is 0.480 e. The van der Waals surface area contributed by atoms with Gasteiger partial charge in [-0.1, -0.05) is 0 Å². The third kappa shape index (κ3) is 6.17. The van der Waals surface area contributed by atoms with E-state index < -0.39 is 37.4 Å². The highest BCUT2D eigenvalue weighted by Gasteiger charge is 2.33. The minimum absolute atomic E-state index is 0.0741. The molecule has 21 heavy (non-hydrogen) atoms. The van der Waals surface area contributed by atoms with Gasteiger partial charge in [0.15, 0.2) is 0 Å². The molecular weight excluding hydrogens is 295 g/mol. The lowest BCUT2D eigenvalue weighted by atomic mass is 10.2. The molecular formula is C11H18F3N3O4. The number of aliphatic hydroxyl groups is 1. The van der Waals surface area contributed by atoms with E-state index in [0.717, 1.165) is 0 Å². The van der Waals surface area contributed by atoms with Crippen LogP contribution in [0.1, 0.15) is 6.42 Å². The molecule has 122 valence electrons. The molecule has 10 heteroatoms. The second-order valence-electron chi connectivity index (χ2n) is 4.73. The summed E-state index contributed by atoms with van der Waals surface area (Å²) in [6, 6.07) is -1.86. The van der Waals surface area contributed by atoms with Gasteiger partial charge in [0.2, 0.25) is 0 Å². The molecule has 1 aliphatic heterocycles. The van der Waals surface area contributed by atoms with Crippen LogP contribution >= 0.6 is 0 Å². The number of carboxylic acid groups (broad SMARTS) is 1. The van der Waals surface area contributed by atoms with Crippen molar-refractivity contribution in [1.29, 1.82) is 0 Å². The summed E-state index contributed by atoms with van der Waals surface area (Å²) in [5, 5.41) is 19.8. The average molecular weight is 313 g/mol. The van der Waals surface area contributed by atoms with Crippen molar-refractivity contribution in [3.05, 3.63) is 0 Å². The van der Waals surface area contributed by atoms with Gasteiger partial charge in [-0.25, -0.2) is 9.59 Å². The molecule has 0 aromatic carbocycles. The van der Waals surface area contributed by atoms with E-state index >= 15 is 0 Å². The minimum Gasteiger partial charge on any atom is -0.480 e. The van der Waals surface area contributed by atoms with Gasteiger partial charge in [-0.05, 0) is 0 Å². The highest BCUT2D eigenvalue weighted by molar-refractivity contribution is 5.82. The van der Waals surface area contributed by atoms with Crippen molar-refractivity contribution in [2.75, 3.05) is 39.3 Å². The van der Waals surface area contributed by atoms with Gasteiger partial charge >= 0.3 is 18.2 Å². The fraction of sp³-hybridized carbons (Fsp3) is 0.818. The van der Waals surface area contributed by atoms with E-state index in [4.69, 9.17) is 10.2 Å². The molecule has 1 heterocycles. The van der Waals surface area contributed by atoms with Gasteiger partial charge in [0.1, 0.15) is 6.04 Å². The molecule has 0 bridgehead atoms. The molecule has 1 fully saturated rings. The molecule has 0 aromatic rings. The number of aliphatic hydroxyl groups excluding tert-OH is 1. The van der Waals surface area contributed by atoms with Crippen LogP contribution in [0.25, 0.3) is 0 Å². The zero-order valence-corrected chi connectivity index (χ0v) is 11.3. The fourth-order valence-corrected chi connectivity index (χ4v) is 1.99. The van der Waals surface area contributed by atoms with Crippen LogP contribution in [0.5, 0.6) is 0 Å². The van der Waals surface area contributed by atoms with Gasteiger partial charge in [0.05, 0.1) is 6.54 Å². The Morgan fingerprint density at radius 1 is 1.19 bits per heavy atom. The summed E-state index contributed by atoms with van der Waals surface area (Å²) in [5.74, 6) is -1.27. The van der Waals surface area contributed by atoms with Crippen LogP contribution in [0.3, 0.4) is 0 Å². The van der Waals surface area contributed by atoms with Crippen molar-refractivity contribution in [3.63, 3.8) is 0 Å². The predicted molar refractivity (Wildman–Crippen MR) is 65.7 cm³/mol. The van der Waals surface area contributed by atoms with Gasteiger partial charge in [-0.15, -0.1) is 0 Å². The van der Waals surface area contributed by atoms with Crippen molar-refractivity contribution < 1.29 is 33.0 Å². The second-order valence-corrected chi connectivity index (χ2v) is 4.73. The monoisotopic (exact) mass is 313 g/mol. The first kappa shape index (κ1) is 17.5. The van der Waals surface area contributed by atoms with E-state index in [0.29, 0.717) is 0 Å². The van der Waals surface area contributed by atoms with Crippen LogP contribution in [0.2, 0.25) is 0 Å². The average Bonchev–Trinajstić information content (AvgIpc) is 2.36. The number of aliphatic carboxylic acids is 1. The van der Waals surface area contributed by atoms with Crippen LogP contribution in [-0.4, -0.2) is 83.6 Å². The van der Waals surface area contributed by atoms with E-state index in [1.807, 2.05) is 0 Å². The lowest BCUT2D eigenvalue weighted by molar-refractivity contribution is -0.148. The first-order valence-electron chi connectivity index (χ1n) is 6.41. The summed E-state index contributed by atoms with van der Waals surface area (Å²) >= 11 is 0. The number of carbonyl (C=O) groups is 2. The number of alkyl halides is 3. The number of piperazine rings is 1. The Kier molecular flexibility index (Phi) is 6.21. The molecule has 0 saturated carbocycles. The number of carboxylic acids is 1. The van der Waals surface area contributed by atoms with E-state index in [1.165, 1.54) is 9.80 Å². The smallest absolute Gasteiger partial charge is 0.401 e. The first-order chi connectivity index (χ1) is 9.73. The lowest BCUT2D eigenvalue weighted by Crippen LogP contribution is -2.55. The van der Waals surface area contributed by atoms with Gasteiger partial charge < -0.3 is 20.4 Å². The van der Waals surface area contributed by atoms with Crippen LogP contribution in [0, 0.1) is 0 Å². The number of amides is 2. The summed E-state index contributed by atoms with van der Waals surface area (Å²) in [6.07, 6.45) is -4.41. The number of nitrogens with zero attached hydrogens (tertiary/aromatic N) is 2. The standard InChI is InChI=1S/C11H18F3N3O4/c12-11(13,14)7-16-2-4-17(5-3-16)10(21)15-8(1-6-18)9(19)20/h8,18H,1-7H2,(H,15,21)(H,19,20)/t8-/m1/s1. The van der Waals surface area contributed by atoms with Crippen LogP contribution in [0.4, 0.5) is 18.0 Å². The topological polar surface area (TPSA) is 93.1 Å². The number of carbonyl (C=O) groups excluding carboxylic acids is 1.